The molecule has 14 heteroatoms. The Morgan fingerprint density at radius 2 is 1.12 bits per heavy atom. The van der Waals surface area contributed by atoms with E-state index < -0.39 is 15.6 Å². The van der Waals surface area contributed by atoms with Crippen LogP contribution in [0.3, 0.4) is 0 Å². The fraction of sp³-hybridized carbons (Fsp3) is 0.143. The molecule has 1 aliphatic heterocycles. The summed E-state index contributed by atoms with van der Waals surface area (Å²) in [5.41, 5.74) is -5.53. The first kappa shape index (κ1) is 37.6. The fourth-order valence-corrected chi connectivity index (χ4v) is 5.85. The smallest absolute Gasteiger partial charge is 0.497 e. The van der Waals surface area contributed by atoms with Gasteiger partial charge in [0.05, 0.1) is 34.8 Å². The van der Waals surface area contributed by atoms with Gasteiger partial charge in [-0.3, -0.25) is 14.1 Å². The standard InChI is InChI=1S/C15H11BrO.C15H12O.C4H4BrNO2.CHF3O3S/c1-17-14-9-8-12-11-5-3-2-4-10(11)6-7-13(12)15(14)16;1-16-13-8-9-15-12(10-13)7-6-11-4-2-3-5-14(11)15;5-6-3(7)1-2-4(6)8;2-1(3,4)8(5,6)7/h2-9H,1H3;2-10H,1H3;1-2H2;(H,5,6,7). The summed E-state index contributed by atoms with van der Waals surface area (Å²) in [7, 11) is -2.46. The van der Waals surface area contributed by atoms with Crippen LogP contribution in [0.2, 0.25) is 0 Å². The molecule has 7 rings (SSSR count). The lowest BCUT2D eigenvalue weighted by Crippen LogP contribution is -2.21. The van der Waals surface area contributed by atoms with Crippen molar-refractivity contribution in [2.24, 2.45) is 0 Å². The molecule has 256 valence electrons. The van der Waals surface area contributed by atoms with E-state index in [1.807, 2.05) is 12.1 Å². The monoisotopic (exact) mass is 821 g/mol. The van der Waals surface area contributed by atoms with Crippen LogP contribution < -0.4 is 9.47 Å². The molecule has 0 aromatic heterocycles. The first-order chi connectivity index (χ1) is 23.2. The van der Waals surface area contributed by atoms with Gasteiger partial charge in [0.1, 0.15) is 11.5 Å². The molecule has 49 heavy (non-hydrogen) atoms. The van der Waals surface area contributed by atoms with Gasteiger partial charge in [0.2, 0.25) is 11.8 Å². The number of fused-ring (bicyclic) bond motifs is 6. The third-order valence-electron chi connectivity index (χ3n) is 7.28. The second kappa shape index (κ2) is 16.0. The van der Waals surface area contributed by atoms with E-state index in [4.69, 9.17) is 22.4 Å². The predicted octanol–water partition coefficient (Wildman–Crippen LogP) is 9.61. The maximum absolute atomic E-state index is 10.7. The van der Waals surface area contributed by atoms with Gasteiger partial charge in [-0.25, -0.2) is 3.93 Å². The SMILES string of the molecule is COc1ccc2c(ccc3ccccc32)c1.COc1ccc2c(ccc3ccccc32)c1Br.O=C1CCC(=O)N1Br.O=S(=O)(O)C(F)(F)F. The van der Waals surface area contributed by atoms with E-state index in [9.17, 15) is 22.8 Å². The number of ether oxygens (including phenoxy) is 2. The molecule has 1 heterocycles. The Labute approximate surface area is 296 Å². The van der Waals surface area contributed by atoms with E-state index in [-0.39, 0.29) is 11.8 Å². The number of amides is 2. The summed E-state index contributed by atoms with van der Waals surface area (Å²) in [5, 5.41) is 10.0. The number of halogens is 5. The van der Waals surface area contributed by atoms with Crippen molar-refractivity contribution in [2.75, 3.05) is 14.2 Å². The first-order valence-corrected chi connectivity index (χ1v) is 17.2. The summed E-state index contributed by atoms with van der Waals surface area (Å²) in [5.74, 6) is 1.49. The van der Waals surface area contributed by atoms with E-state index >= 15 is 0 Å². The number of benzene rings is 6. The Hall–Kier alpha value is -4.24. The van der Waals surface area contributed by atoms with Gasteiger partial charge in [0.15, 0.2) is 0 Å². The highest BCUT2D eigenvalue weighted by atomic mass is 79.9. The molecule has 0 unspecified atom stereocenters. The Morgan fingerprint density at radius 1 is 0.673 bits per heavy atom. The Kier molecular flexibility index (Phi) is 12.3. The maximum atomic E-state index is 10.7. The van der Waals surface area contributed by atoms with Crippen molar-refractivity contribution in [3.63, 3.8) is 0 Å². The topological polar surface area (TPSA) is 110 Å². The van der Waals surface area contributed by atoms with Crippen molar-refractivity contribution < 1.29 is 45.2 Å². The molecular weight excluding hydrogens is 795 g/mol. The first-order valence-electron chi connectivity index (χ1n) is 14.3. The van der Waals surface area contributed by atoms with Gasteiger partial charge < -0.3 is 9.47 Å². The molecule has 2 amide bonds. The fourth-order valence-electron chi connectivity index (χ4n) is 4.86. The predicted molar refractivity (Wildman–Crippen MR) is 191 cm³/mol. The number of carbonyl (C=O) groups excluding carboxylic acids is 2. The molecule has 0 radical (unpaired) electrons. The minimum atomic E-state index is -5.84. The van der Waals surface area contributed by atoms with Crippen LogP contribution >= 0.6 is 32.1 Å². The molecule has 0 spiro atoms. The quantitative estimate of drug-likeness (QED) is 0.0609. The van der Waals surface area contributed by atoms with E-state index in [0.717, 1.165) is 19.9 Å². The van der Waals surface area contributed by atoms with E-state index in [1.165, 1.54) is 43.1 Å². The van der Waals surface area contributed by atoms with E-state index in [2.05, 4.69) is 123 Å². The third kappa shape index (κ3) is 9.06. The van der Waals surface area contributed by atoms with Crippen LogP contribution in [0.25, 0.3) is 43.1 Å². The number of hydrogen-bond donors (Lipinski definition) is 1. The number of carbonyl (C=O) groups is 2. The van der Waals surface area contributed by atoms with Crippen LogP contribution in [0.1, 0.15) is 12.8 Å². The molecule has 1 fully saturated rings. The lowest BCUT2D eigenvalue weighted by Gasteiger charge is -2.09. The van der Waals surface area contributed by atoms with Crippen molar-refractivity contribution >= 4 is 97.1 Å². The minimum absolute atomic E-state index is 0.144. The minimum Gasteiger partial charge on any atom is -0.497 e. The van der Waals surface area contributed by atoms with Gasteiger partial charge in [0, 0.05) is 18.2 Å². The van der Waals surface area contributed by atoms with Crippen molar-refractivity contribution in [3.05, 3.63) is 108 Å². The molecular formula is C35H28Br2F3NO7S. The molecule has 0 bridgehead atoms. The highest BCUT2D eigenvalue weighted by Gasteiger charge is 2.44. The highest BCUT2D eigenvalue weighted by Crippen LogP contribution is 2.36. The second-order valence-corrected chi connectivity index (χ2v) is 13.2. The lowest BCUT2D eigenvalue weighted by molar-refractivity contribution is -0.131. The Morgan fingerprint density at radius 3 is 1.61 bits per heavy atom. The average Bonchev–Trinajstić information content (AvgIpc) is 3.38. The van der Waals surface area contributed by atoms with Crippen molar-refractivity contribution in [1.82, 2.24) is 3.93 Å². The number of methoxy groups -OCH3 is 2. The third-order valence-corrected chi connectivity index (χ3v) is 9.47. The van der Waals surface area contributed by atoms with Crippen molar-refractivity contribution in [1.29, 1.82) is 0 Å². The Bertz CT molecular complexity index is 2250. The zero-order valence-corrected chi connectivity index (χ0v) is 29.9. The summed E-state index contributed by atoms with van der Waals surface area (Å²) >= 11 is 6.41. The number of alkyl halides is 3. The molecule has 0 atom stereocenters. The molecule has 6 aromatic carbocycles. The summed E-state index contributed by atoms with van der Waals surface area (Å²) < 4.78 is 70.1. The highest BCUT2D eigenvalue weighted by molar-refractivity contribution is 9.10. The molecule has 0 saturated carbocycles. The summed E-state index contributed by atoms with van der Waals surface area (Å²) in [4.78, 5) is 20.9. The van der Waals surface area contributed by atoms with Gasteiger partial charge in [-0.1, -0.05) is 78.9 Å². The Balaban J connectivity index is 0.000000157. The van der Waals surface area contributed by atoms with Crippen LogP contribution in [0, 0.1) is 0 Å². The summed E-state index contributed by atoms with van der Waals surface area (Å²) in [6.07, 6.45) is 0.703. The van der Waals surface area contributed by atoms with Gasteiger partial charge in [-0.05, 0) is 77.9 Å². The maximum Gasteiger partial charge on any atom is 0.522 e. The van der Waals surface area contributed by atoms with Crippen LogP contribution in [0.4, 0.5) is 13.2 Å². The van der Waals surface area contributed by atoms with E-state index in [1.54, 1.807) is 14.2 Å². The molecule has 0 aliphatic carbocycles. The molecule has 8 nitrogen and oxygen atoms in total. The lowest BCUT2D eigenvalue weighted by atomic mass is 10.0. The van der Waals surface area contributed by atoms with Crippen LogP contribution in [-0.4, -0.2) is 48.4 Å². The van der Waals surface area contributed by atoms with Crippen LogP contribution in [0.5, 0.6) is 11.5 Å². The van der Waals surface area contributed by atoms with Crippen LogP contribution in [0.15, 0.2) is 108 Å². The number of hydrogen-bond acceptors (Lipinski definition) is 6. The van der Waals surface area contributed by atoms with Gasteiger partial charge in [-0.15, -0.1) is 0 Å². The van der Waals surface area contributed by atoms with Crippen molar-refractivity contribution in [3.8, 4) is 11.5 Å². The normalized spacial score (nSPS) is 12.9. The number of nitrogens with zero attached hydrogens (tertiary/aromatic N) is 1. The largest absolute Gasteiger partial charge is 0.522 e. The van der Waals surface area contributed by atoms with Gasteiger partial charge in [-0.2, -0.15) is 21.6 Å². The zero-order valence-electron chi connectivity index (χ0n) is 25.9. The van der Waals surface area contributed by atoms with Gasteiger partial charge >= 0.3 is 15.6 Å². The van der Waals surface area contributed by atoms with Gasteiger partial charge in [0.25, 0.3) is 0 Å². The molecule has 1 N–H and O–H groups in total. The number of imide groups is 1. The molecule has 1 aliphatic rings. The molecule has 1 saturated heterocycles. The van der Waals surface area contributed by atoms with E-state index in [0.29, 0.717) is 12.8 Å². The summed E-state index contributed by atoms with van der Waals surface area (Å²) in [6, 6.07) is 35.7. The zero-order chi connectivity index (χ0) is 35.9. The number of rotatable bonds is 2. The van der Waals surface area contributed by atoms with Crippen LogP contribution in [-0.2, 0) is 19.7 Å². The van der Waals surface area contributed by atoms with Crippen molar-refractivity contribution in [2.45, 2.75) is 18.3 Å². The second-order valence-electron chi connectivity index (χ2n) is 10.3. The average molecular weight is 823 g/mol. The molecule has 6 aromatic rings. The summed E-state index contributed by atoms with van der Waals surface area (Å²) in [6.45, 7) is 0.